The van der Waals surface area contributed by atoms with E-state index >= 15 is 0 Å². The molecule has 0 bridgehead atoms. The van der Waals surface area contributed by atoms with Crippen LogP contribution in [0.25, 0.3) is 11.2 Å². The molecule has 0 saturated carbocycles. The lowest BCUT2D eigenvalue weighted by Crippen LogP contribution is -2.06. The Morgan fingerprint density at radius 3 is 3.23 bits per heavy atom. The molecular weight excluding hydrogens is 170 g/mol. The summed E-state index contributed by atoms with van der Waals surface area (Å²) in [5.41, 5.74) is 1.79. The van der Waals surface area contributed by atoms with E-state index in [9.17, 15) is 4.79 Å². The maximum absolute atomic E-state index is 11.1. The molecule has 0 fully saturated rings. The molecule has 0 saturated heterocycles. The minimum Gasteiger partial charge on any atom is -0.463 e. The number of aromatic nitrogens is 3. The van der Waals surface area contributed by atoms with Crippen molar-refractivity contribution in [2.24, 2.45) is 0 Å². The third-order valence-corrected chi connectivity index (χ3v) is 1.73. The van der Waals surface area contributed by atoms with E-state index in [2.05, 4.69) is 19.7 Å². The van der Waals surface area contributed by atoms with Gasteiger partial charge in [0.2, 0.25) is 5.69 Å². The molecule has 0 aliphatic rings. The number of carbonyl (C=O) groups excluding carboxylic acids is 1. The van der Waals surface area contributed by atoms with Gasteiger partial charge >= 0.3 is 5.97 Å². The molecule has 0 radical (unpaired) electrons. The van der Waals surface area contributed by atoms with Crippen molar-refractivity contribution in [3.8, 4) is 0 Å². The fourth-order valence-electron chi connectivity index (χ4n) is 1.09. The normalized spacial score (nSPS) is 10.2. The zero-order valence-corrected chi connectivity index (χ0v) is 7.00. The van der Waals surface area contributed by atoms with Gasteiger partial charge in [-0.05, 0) is 12.1 Å². The molecule has 0 atom stereocenters. The van der Waals surface area contributed by atoms with E-state index < -0.39 is 5.97 Å². The van der Waals surface area contributed by atoms with Crippen molar-refractivity contribution in [1.82, 2.24) is 9.97 Å². The largest absolute Gasteiger partial charge is 0.463 e. The van der Waals surface area contributed by atoms with Crippen molar-refractivity contribution in [2.45, 2.75) is 0 Å². The van der Waals surface area contributed by atoms with Gasteiger partial charge in [-0.15, -0.1) is 0 Å². The third kappa shape index (κ3) is 1.24. The topological polar surface area (TPSA) is 69.1 Å². The average Bonchev–Trinajstić information content (AvgIpc) is 2.63. The van der Waals surface area contributed by atoms with Crippen LogP contribution in [0.5, 0.6) is 0 Å². The smallest absolute Gasteiger partial charge is 0.373 e. The fraction of sp³-hybridized carbons (Fsp3) is 0.125. The Morgan fingerprint density at radius 2 is 2.46 bits per heavy atom. The zero-order valence-electron chi connectivity index (χ0n) is 7.00. The summed E-state index contributed by atoms with van der Waals surface area (Å²) in [5, 5.41) is 0. The Kier molecular flexibility index (Phi) is 1.70. The molecule has 2 heterocycles. The predicted molar refractivity (Wildman–Crippen MR) is 44.0 cm³/mol. The van der Waals surface area contributed by atoms with Crippen molar-refractivity contribution in [3.63, 3.8) is 0 Å². The minimum absolute atomic E-state index is 0.297. The van der Waals surface area contributed by atoms with Crippen molar-refractivity contribution < 1.29 is 14.5 Å². The Balaban J connectivity index is 2.54. The van der Waals surface area contributed by atoms with Gasteiger partial charge in [-0.1, -0.05) is 4.98 Å². The van der Waals surface area contributed by atoms with Gasteiger partial charge in [0.25, 0.3) is 5.65 Å². The van der Waals surface area contributed by atoms with Gasteiger partial charge in [-0.25, -0.2) is 9.78 Å². The number of rotatable bonds is 1. The molecule has 0 unspecified atom stereocenters. The molecular formula is C8H8N3O2+. The average molecular weight is 178 g/mol. The van der Waals surface area contributed by atoms with Crippen LogP contribution in [0.2, 0.25) is 0 Å². The number of methoxy groups -OCH3 is 1. The number of H-pyrrole nitrogens is 2. The van der Waals surface area contributed by atoms with Gasteiger partial charge in [0.15, 0.2) is 11.8 Å². The first-order valence-corrected chi connectivity index (χ1v) is 3.75. The summed E-state index contributed by atoms with van der Waals surface area (Å²) in [5.74, 6) is -0.434. The number of carbonyl (C=O) groups is 1. The number of nitrogens with one attached hydrogen (secondary N) is 2. The van der Waals surface area contributed by atoms with Crippen LogP contribution in [0.15, 0.2) is 18.5 Å². The van der Waals surface area contributed by atoms with E-state index in [1.54, 1.807) is 18.5 Å². The van der Waals surface area contributed by atoms with E-state index in [0.717, 1.165) is 5.52 Å². The highest BCUT2D eigenvalue weighted by Gasteiger charge is 2.13. The highest BCUT2D eigenvalue weighted by molar-refractivity contribution is 5.89. The van der Waals surface area contributed by atoms with Gasteiger partial charge in [0, 0.05) is 0 Å². The molecule has 0 spiro atoms. The number of pyridine rings is 1. The summed E-state index contributed by atoms with van der Waals surface area (Å²) in [6.07, 6.45) is 1.65. The standard InChI is InChI=1S/C8H7N3O2/c1-13-8(12)6-3-2-5-7(11-6)10-4-9-5/h2-4H,1H3,(H,9,10,11)/p+1. The number of aromatic amines is 2. The monoisotopic (exact) mass is 178 g/mol. The highest BCUT2D eigenvalue weighted by atomic mass is 16.5. The Labute approximate surface area is 73.8 Å². The van der Waals surface area contributed by atoms with Crippen molar-refractivity contribution in [3.05, 3.63) is 24.2 Å². The van der Waals surface area contributed by atoms with E-state index in [4.69, 9.17) is 0 Å². The van der Waals surface area contributed by atoms with E-state index in [0.29, 0.717) is 11.3 Å². The molecule has 2 aromatic rings. The van der Waals surface area contributed by atoms with Crippen LogP contribution in [0, 0.1) is 0 Å². The lowest BCUT2D eigenvalue weighted by molar-refractivity contribution is -0.347. The van der Waals surface area contributed by atoms with Crippen molar-refractivity contribution in [1.29, 1.82) is 0 Å². The summed E-state index contributed by atoms with van der Waals surface area (Å²) in [6, 6.07) is 3.38. The van der Waals surface area contributed by atoms with Crippen LogP contribution in [-0.4, -0.2) is 23.0 Å². The molecule has 2 N–H and O–H groups in total. The second-order valence-corrected chi connectivity index (χ2v) is 2.52. The number of ether oxygens (including phenoxy) is 1. The number of nitrogens with zero attached hydrogens (tertiary/aromatic N) is 1. The first-order valence-electron chi connectivity index (χ1n) is 3.75. The number of esters is 1. The third-order valence-electron chi connectivity index (χ3n) is 1.73. The van der Waals surface area contributed by atoms with Gasteiger partial charge in [-0.3, -0.25) is 4.98 Å². The van der Waals surface area contributed by atoms with E-state index in [1.165, 1.54) is 7.11 Å². The summed E-state index contributed by atoms with van der Waals surface area (Å²) in [6.45, 7) is 0. The second-order valence-electron chi connectivity index (χ2n) is 2.52. The maximum atomic E-state index is 11.1. The first kappa shape index (κ1) is 7.72. The number of imidazole rings is 1. The predicted octanol–water partition coefficient (Wildman–Crippen LogP) is 0.164. The van der Waals surface area contributed by atoms with Gasteiger partial charge < -0.3 is 4.74 Å². The molecule has 66 valence electrons. The number of hydrogen-bond acceptors (Lipinski definition) is 3. The SMILES string of the molecule is COC(=O)c1ccc2[nH]c[nH+]c2n1. The number of fused-ring (bicyclic) bond motifs is 1. The van der Waals surface area contributed by atoms with Crippen LogP contribution in [0.4, 0.5) is 0 Å². The molecule has 0 aliphatic carbocycles. The van der Waals surface area contributed by atoms with E-state index in [1.807, 2.05) is 0 Å². The quantitative estimate of drug-likeness (QED) is 0.632. The Hall–Kier alpha value is -1.91. The van der Waals surface area contributed by atoms with Crippen molar-refractivity contribution in [2.75, 3.05) is 7.11 Å². The second kappa shape index (κ2) is 2.85. The van der Waals surface area contributed by atoms with Crippen LogP contribution in [0.1, 0.15) is 10.5 Å². The van der Waals surface area contributed by atoms with Crippen LogP contribution >= 0.6 is 0 Å². The molecule has 2 rings (SSSR count). The molecule has 5 heteroatoms. The molecule has 5 nitrogen and oxygen atoms in total. The zero-order chi connectivity index (χ0) is 9.26. The Morgan fingerprint density at radius 1 is 1.62 bits per heavy atom. The molecule has 0 aliphatic heterocycles. The van der Waals surface area contributed by atoms with Gasteiger partial charge in [0.05, 0.1) is 7.11 Å². The minimum atomic E-state index is -0.434. The first-order chi connectivity index (χ1) is 6.31. The van der Waals surface area contributed by atoms with E-state index in [-0.39, 0.29) is 0 Å². The molecule has 0 aromatic carbocycles. The molecule has 2 aromatic heterocycles. The van der Waals surface area contributed by atoms with Crippen LogP contribution in [0.3, 0.4) is 0 Å². The summed E-state index contributed by atoms with van der Waals surface area (Å²) in [7, 11) is 1.33. The lowest BCUT2D eigenvalue weighted by atomic mass is 10.3. The maximum Gasteiger partial charge on any atom is 0.373 e. The fourth-order valence-corrected chi connectivity index (χ4v) is 1.09. The van der Waals surface area contributed by atoms with Gasteiger partial charge in [0.1, 0.15) is 0 Å². The summed E-state index contributed by atoms with van der Waals surface area (Å²) in [4.78, 5) is 20.9. The lowest BCUT2D eigenvalue weighted by Gasteiger charge is -1.91. The van der Waals surface area contributed by atoms with Gasteiger partial charge in [-0.2, -0.15) is 0 Å². The number of hydrogen-bond donors (Lipinski definition) is 1. The Bertz CT molecular complexity index is 449. The van der Waals surface area contributed by atoms with Crippen LogP contribution < -0.4 is 4.98 Å². The molecule has 0 amide bonds. The van der Waals surface area contributed by atoms with Crippen molar-refractivity contribution >= 4 is 17.1 Å². The van der Waals surface area contributed by atoms with Crippen LogP contribution in [-0.2, 0) is 4.74 Å². The summed E-state index contributed by atoms with van der Waals surface area (Å²) >= 11 is 0. The highest BCUT2D eigenvalue weighted by Crippen LogP contribution is 2.04. The molecule has 13 heavy (non-hydrogen) atoms. The summed E-state index contributed by atoms with van der Waals surface area (Å²) < 4.78 is 4.54.